The SMILES string of the molecule is CN(Cc1ccccc1)c1nccc(NCc2ccncc2)n1. The first-order valence-corrected chi connectivity index (χ1v) is 7.52. The molecule has 1 N–H and O–H groups in total. The molecule has 23 heavy (non-hydrogen) atoms. The maximum atomic E-state index is 4.57. The number of pyridine rings is 1. The maximum absolute atomic E-state index is 4.57. The number of benzene rings is 1. The lowest BCUT2D eigenvalue weighted by atomic mass is 10.2. The second-order valence-corrected chi connectivity index (χ2v) is 5.29. The Labute approximate surface area is 136 Å². The van der Waals surface area contributed by atoms with Gasteiger partial charge in [0.15, 0.2) is 0 Å². The molecule has 0 amide bonds. The number of hydrogen-bond acceptors (Lipinski definition) is 5. The van der Waals surface area contributed by atoms with E-state index in [-0.39, 0.29) is 0 Å². The number of anilines is 2. The van der Waals surface area contributed by atoms with Crippen molar-refractivity contribution in [1.29, 1.82) is 0 Å². The Hall–Kier alpha value is -2.95. The standard InChI is InChI=1S/C18H19N5/c1-23(14-16-5-3-2-4-6-16)18-20-12-9-17(22-18)21-13-15-7-10-19-11-8-15/h2-12H,13-14H2,1H3,(H,20,21,22). The Morgan fingerprint density at radius 3 is 2.48 bits per heavy atom. The van der Waals surface area contributed by atoms with E-state index in [0.29, 0.717) is 12.5 Å². The third-order valence-electron chi connectivity index (χ3n) is 3.47. The van der Waals surface area contributed by atoms with Crippen molar-refractivity contribution < 1.29 is 0 Å². The van der Waals surface area contributed by atoms with Crippen LogP contribution in [0.4, 0.5) is 11.8 Å². The predicted molar refractivity (Wildman–Crippen MR) is 92.1 cm³/mol. The van der Waals surface area contributed by atoms with Gasteiger partial charge in [0.25, 0.3) is 0 Å². The van der Waals surface area contributed by atoms with Crippen LogP contribution in [0.3, 0.4) is 0 Å². The highest BCUT2D eigenvalue weighted by Gasteiger charge is 2.06. The molecule has 0 aliphatic heterocycles. The highest BCUT2D eigenvalue weighted by Crippen LogP contribution is 2.13. The molecule has 0 radical (unpaired) electrons. The fraction of sp³-hybridized carbons (Fsp3) is 0.167. The predicted octanol–water partition coefficient (Wildman–Crippen LogP) is 3.12. The average molecular weight is 305 g/mol. The first-order chi connectivity index (χ1) is 11.3. The van der Waals surface area contributed by atoms with Crippen LogP contribution in [-0.4, -0.2) is 22.0 Å². The van der Waals surface area contributed by atoms with Gasteiger partial charge >= 0.3 is 0 Å². The molecule has 0 saturated carbocycles. The molecule has 3 rings (SSSR count). The second-order valence-electron chi connectivity index (χ2n) is 5.29. The summed E-state index contributed by atoms with van der Waals surface area (Å²) in [6, 6.07) is 16.1. The van der Waals surface area contributed by atoms with E-state index in [1.807, 2.05) is 48.3 Å². The highest BCUT2D eigenvalue weighted by atomic mass is 15.2. The van der Waals surface area contributed by atoms with Crippen molar-refractivity contribution in [3.63, 3.8) is 0 Å². The summed E-state index contributed by atoms with van der Waals surface area (Å²) in [5.74, 6) is 1.51. The van der Waals surface area contributed by atoms with Gasteiger partial charge in [0.1, 0.15) is 5.82 Å². The van der Waals surface area contributed by atoms with Gasteiger partial charge in [-0.1, -0.05) is 30.3 Å². The minimum absolute atomic E-state index is 0.702. The van der Waals surface area contributed by atoms with Gasteiger partial charge in [-0.05, 0) is 29.3 Å². The topological polar surface area (TPSA) is 53.9 Å². The van der Waals surface area contributed by atoms with Crippen molar-refractivity contribution in [2.45, 2.75) is 13.1 Å². The molecule has 2 heterocycles. The summed E-state index contributed by atoms with van der Waals surface area (Å²) in [4.78, 5) is 15.0. The summed E-state index contributed by atoms with van der Waals surface area (Å²) in [6.07, 6.45) is 5.35. The van der Waals surface area contributed by atoms with Gasteiger partial charge in [-0.3, -0.25) is 4.98 Å². The average Bonchev–Trinajstić information content (AvgIpc) is 2.62. The Bertz CT molecular complexity index is 731. The van der Waals surface area contributed by atoms with Gasteiger partial charge in [-0.2, -0.15) is 4.98 Å². The maximum Gasteiger partial charge on any atom is 0.227 e. The molecule has 2 aromatic heterocycles. The van der Waals surface area contributed by atoms with Gasteiger partial charge in [-0.25, -0.2) is 4.98 Å². The minimum Gasteiger partial charge on any atom is -0.366 e. The van der Waals surface area contributed by atoms with Crippen LogP contribution >= 0.6 is 0 Å². The third kappa shape index (κ3) is 4.26. The molecule has 0 unspecified atom stereocenters. The first kappa shape index (κ1) is 15.0. The summed E-state index contributed by atoms with van der Waals surface area (Å²) >= 11 is 0. The molecule has 0 aliphatic rings. The monoisotopic (exact) mass is 305 g/mol. The lowest BCUT2D eigenvalue weighted by Crippen LogP contribution is -2.19. The van der Waals surface area contributed by atoms with Crippen LogP contribution in [0.1, 0.15) is 11.1 Å². The lowest BCUT2D eigenvalue weighted by Gasteiger charge is -2.17. The second kappa shape index (κ2) is 7.35. The summed E-state index contributed by atoms with van der Waals surface area (Å²) in [7, 11) is 2.00. The van der Waals surface area contributed by atoms with Crippen LogP contribution < -0.4 is 10.2 Å². The summed E-state index contributed by atoms with van der Waals surface area (Å²) in [5, 5.41) is 3.31. The van der Waals surface area contributed by atoms with Gasteiger partial charge in [0.2, 0.25) is 5.95 Å². The highest BCUT2D eigenvalue weighted by molar-refractivity contribution is 5.41. The Balaban J connectivity index is 1.64. The van der Waals surface area contributed by atoms with E-state index in [0.717, 1.165) is 17.9 Å². The van der Waals surface area contributed by atoms with Crippen LogP contribution in [0.5, 0.6) is 0 Å². The van der Waals surface area contributed by atoms with E-state index in [9.17, 15) is 0 Å². The molecule has 0 spiro atoms. The summed E-state index contributed by atoms with van der Waals surface area (Å²) < 4.78 is 0. The normalized spacial score (nSPS) is 10.3. The van der Waals surface area contributed by atoms with Crippen LogP contribution in [-0.2, 0) is 13.1 Å². The molecule has 0 atom stereocenters. The molecule has 0 saturated heterocycles. The van der Waals surface area contributed by atoms with E-state index < -0.39 is 0 Å². The molecule has 116 valence electrons. The fourth-order valence-corrected chi connectivity index (χ4v) is 2.25. The smallest absolute Gasteiger partial charge is 0.227 e. The number of aromatic nitrogens is 3. The molecule has 0 fully saturated rings. The first-order valence-electron chi connectivity index (χ1n) is 7.52. The number of nitrogens with one attached hydrogen (secondary N) is 1. The number of hydrogen-bond donors (Lipinski definition) is 1. The van der Waals surface area contributed by atoms with Crippen molar-refractivity contribution in [2.75, 3.05) is 17.3 Å². The van der Waals surface area contributed by atoms with Crippen LogP contribution in [0.25, 0.3) is 0 Å². The largest absolute Gasteiger partial charge is 0.366 e. The Morgan fingerprint density at radius 1 is 0.913 bits per heavy atom. The van der Waals surface area contributed by atoms with Gasteiger partial charge in [0.05, 0.1) is 0 Å². The molecule has 0 bridgehead atoms. The number of rotatable bonds is 6. The summed E-state index contributed by atoms with van der Waals surface area (Å²) in [5.41, 5.74) is 2.39. The van der Waals surface area contributed by atoms with Gasteiger partial charge < -0.3 is 10.2 Å². The van der Waals surface area contributed by atoms with Crippen molar-refractivity contribution in [3.8, 4) is 0 Å². The molecule has 3 aromatic rings. The molecule has 0 aliphatic carbocycles. The van der Waals surface area contributed by atoms with E-state index >= 15 is 0 Å². The lowest BCUT2D eigenvalue weighted by molar-refractivity contribution is 0.865. The van der Waals surface area contributed by atoms with Crippen LogP contribution in [0, 0.1) is 0 Å². The zero-order valence-corrected chi connectivity index (χ0v) is 13.1. The van der Waals surface area contributed by atoms with E-state index in [1.165, 1.54) is 5.56 Å². The molecular formula is C18H19N5. The summed E-state index contributed by atoms with van der Waals surface area (Å²) in [6.45, 7) is 1.48. The van der Waals surface area contributed by atoms with Crippen LogP contribution in [0.2, 0.25) is 0 Å². The van der Waals surface area contributed by atoms with Crippen molar-refractivity contribution in [2.24, 2.45) is 0 Å². The fourth-order valence-electron chi connectivity index (χ4n) is 2.25. The minimum atomic E-state index is 0.702. The van der Waals surface area contributed by atoms with E-state index in [1.54, 1.807) is 18.6 Å². The molecule has 5 nitrogen and oxygen atoms in total. The number of nitrogens with zero attached hydrogens (tertiary/aromatic N) is 4. The van der Waals surface area contributed by atoms with E-state index in [4.69, 9.17) is 0 Å². The van der Waals surface area contributed by atoms with Gasteiger partial charge in [-0.15, -0.1) is 0 Å². The molecular weight excluding hydrogens is 286 g/mol. The molecule has 5 heteroatoms. The zero-order valence-electron chi connectivity index (χ0n) is 13.1. The zero-order chi connectivity index (χ0) is 15.9. The quantitative estimate of drug-likeness (QED) is 0.758. The molecule has 1 aromatic carbocycles. The third-order valence-corrected chi connectivity index (χ3v) is 3.47. The Kier molecular flexibility index (Phi) is 4.79. The van der Waals surface area contributed by atoms with Crippen molar-refractivity contribution >= 4 is 11.8 Å². The Morgan fingerprint density at radius 2 is 1.70 bits per heavy atom. The van der Waals surface area contributed by atoms with E-state index in [2.05, 4.69) is 32.4 Å². The van der Waals surface area contributed by atoms with Crippen molar-refractivity contribution in [3.05, 3.63) is 78.2 Å². The van der Waals surface area contributed by atoms with Crippen molar-refractivity contribution in [1.82, 2.24) is 15.0 Å². The van der Waals surface area contributed by atoms with Gasteiger partial charge in [0, 0.05) is 38.7 Å². The van der Waals surface area contributed by atoms with Crippen LogP contribution in [0.15, 0.2) is 67.1 Å².